The third-order valence-corrected chi connectivity index (χ3v) is 6.33. The fourth-order valence-corrected chi connectivity index (χ4v) is 5.13. The van der Waals surface area contributed by atoms with E-state index in [0.717, 1.165) is 0 Å². The number of hydrogen-bond acceptors (Lipinski definition) is 0. The van der Waals surface area contributed by atoms with E-state index in [9.17, 15) is 2.74 Å². The van der Waals surface area contributed by atoms with E-state index in [1.54, 1.807) is 0 Å². The summed E-state index contributed by atoms with van der Waals surface area (Å²) in [6, 6.07) is -8.12. The van der Waals surface area contributed by atoms with Crippen molar-refractivity contribution < 1.29 is 21.9 Å². The molecule has 0 aliphatic heterocycles. The Morgan fingerprint density at radius 3 is 1.22 bits per heavy atom. The molecule has 0 aliphatic carbocycles. The second-order valence-electron chi connectivity index (χ2n) is 7.76. The molecule has 4 aromatic heterocycles. The maximum Gasteiger partial charge on any atom is 0.0653 e. The fourth-order valence-electron chi connectivity index (χ4n) is 5.13. The van der Waals surface area contributed by atoms with Crippen molar-refractivity contribution in [3.8, 4) is 0 Å². The van der Waals surface area contributed by atoms with E-state index in [0.29, 0.717) is 0 Å². The molecule has 0 fully saturated rings. The lowest BCUT2D eigenvalue weighted by molar-refractivity contribution is 1.36. The summed E-state index contributed by atoms with van der Waals surface area (Å²) in [4.78, 5) is 0. The van der Waals surface area contributed by atoms with Gasteiger partial charge in [-0.2, -0.15) is 0 Å². The highest BCUT2D eigenvalue weighted by Gasteiger charge is 2.21. The molecule has 0 spiro atoms. The summed E-state index contributed by atoms with van der Waals surface area (Å²) < 4.78 is 143. The predicted molar refractivity (Wildman–Crippen MR) is 136 cm³/mol. The minimum atomic E-state index is -0.597. The highest BCUT2D eigenvalue weighted by Crippen LogP contribution is 2.44. The summed E-state index contributed by atoms with van der Waals surface area (Å²) >= 11 is 0. The van der Waals surface area contributed by atoms with Crippen LogP contribution < -0.4 is 0 Å². The first-order valence-electron chi connectivity index (χ1n) is 17.8. The van der Waals surface area contributed by atoms with Gasteiger partial charge in [0, 0.05) is 43.1 Å². The summed E-state index contributed by atoms with van der Waals surface area (Å²) in [6.07, 6.45) is 0. The molecule has 0 aliphatic rings. The molecule has 0 atom stereocenters. The molecule has 0 saturated heterocycles. The van der Waals surface area contributed by atoms with Gasteiger partial charge in [-0.1, -0.05) is 72.5 Å². The number of hydrogen-bond donors (Lipinski definition) is 0. The van der Waals surface area contributed by atoms with E-state index < -0.39 is 84.6 Å². The van der Waals surface area contributed by atoms with Gasteiger partial charge in [0.15, 0.2) is 0 Å². The highest BCUT2D eigenvalue weighted by molar-refractivity contribution is 6.28. The van der Waals surface area contributed by atoms with Crippen molar-refractivity contribution in [1.82, 2.24) is 8.80 Å². The van der Waals surface area contributed by atoms with Gasteiger partial charge in [-0.25, -0.2) is 0 Å². The SMILES string of the molecule is [2H]c1c([2H])c([2H])c2c(c1[2H])c1c([2H])c([2H])c([2H])c3c4c([2H])c5c(c([2H])c4n2c13)c1c([2H])c([2H])c([2H])c2c3c([2H])c([2H])c([2H])c([2H])c3n5c21. The van der Waals surface area contributed by atoms with Gasteiger partial charge in [0.25, 0.3) is 0 Å². The highest BCUT2D eigenvalue weighted by atomic mass is 14.9. The maximum atomic E-state index is 9.63. The minimum Gasteiger partial charge on any atom is -0.308 e. The molecule has 0 N–H and O–H groups in total. The molecule has 9 rings (SSSR count). The zero-order valence-corrected chi connectivity index (χ0v) is 15.9. The van der Waals surface area contributed by atoms with Crippen LogP contribution in [0.15, 0.2) is 96.7 Å². The number of rotatable bonds is 0. The van der Waals surface area contributed by atoms with Gasteiger partial charge in [0.2, 0.25) is 0 Å². The van der Waals surface area contributed by atoms with Crippen LogP contribution in [0.3, 0.4) is 0 Å². The van der Waals surface area contributed by atoms with Crippen molar-refractivity contribution >= 4 is 76.2 Å². The van der Waals surface area contributed by atoms with Crippen LogP contribution in [0.4, 0.5) is 0 Å². The molecule has 146 valence electrons. The second kappa shape index (κ2) is 4.95. The Morgan fingerprint density at radius 1 is 0.375 bits per heavy atom. The first kappa shape index (κ1) is 7.39. The first-order valence-corrected chi connectivity index (χ1v) is 9.84. The largest absolute Gasteiger partial charge is 0.308 e. The number of aromatic nitrogens is 2. The van der Waals surface area contributed by atoms with Crippen molar-refractivity contribution in [2.45, 2.75) is 0 Å². The van der Waals surface area contributed by atoms with E-state index in [2.05, 4.69) is 0 Å². The van der Waals surface area contributed by atoms with E-state index in [-0.39, 0.29) is 88.3 Å². The zero-order chi connectivity index (χ0) is 34.5. The lowest BCUT2D eigenvalue weighted by atomic mass is 10.0. The Labute approximate surface area is 204 Å². The summed E-state index contributed by atoms with van der Waals surface area (Å²) in [5, 5.41) is -0.546. The average molecular weight is 421 g/mol. The number of benzene rings is 5. The molecule has 32 heavy (non-hydrogen) atoms. The van der Waals surface area contributed by atoms with E-state index in [1.807, 2.05) is 0 Å². The molecule has 0 unspecified atom stereocenters. The van der Waals surface area contributed by atoms with Gasteiger partial charge in [-0.05, 0) is 24.2 Å². The lowest BCUT2D eigenvalue weighted by Gasteiger charge is -2.01. The minimum absolute atomic E-state index is 0.0436. The third-order valence-electron chi connectivity index (χ3n) is 6.33. The van der Waals surface area contributed by atoms with Crippen LogP contribution >= 0.6 is 0 Å². The Morgan fingerprint density at radius 2 is 0.750 bits per heavy atom. The Kier molecular flexibility index (Phi) is 1.14. The number of nitrogens with zero attached hydrogens (tertiary/aromatic N) is 2. The third kappa shape index (κ3) is 1.52. The summed E-state index contributed by atoms with van der Waals surface area (Å²) in [5.41, 5.74) is -0.354. The van der Waals surface area contributed by atoms with E-state index in [1.165, 1.54) is 8.80 Å². The van der Waals surface area contributed by atoms with Crippen molar-refractivity contribution in [3.05, 3.63) is 96.7 Å². The molecule has 0 saturated carbocycles. The molecule has 9 aromatic rings. The van der Waals surface area contributed by atoms with Crippen LogP contribution in [0.1, 0.15) is 21.9 Å². The predicted octanol–water partition coefficient (Wildman–Crippen LogP) is 7.99. The number of fused-ring (bicyclic) bond motifs is 12. The molecule has 0 radical (unpaired) electrons. The molecular formula is C30H16N2. The lowest BCUT2D eigenvalue weighted by Crippen LogP contribution is -1.82. The molecule has 0 bridgehead atoms. The summed E-state index contributed by atoms with van der Waals surface area (Å²) in [6.45, 7) is 0. The van der Waals surface area contributed by atoms with Gasteiger partial charge in [-0.3, -0.25) is 0 Å². The van der Waals surface area contributed by atoms with Crippen LogP contribution in [0.5, 0.6) is 0 Å². The van der Waals surface area contributed by atoms with Gasteiger partial charge in [-0.15, -0.1) is 0 Å². The van der Waals surface area contributed by atoms with Crippen molar-refractivity contribution in [2.75, 3.05) is 0 Å². The summed E-state index contributed by atoms with van der Waals surface area (Å²) in [7, 11) is 0. The van der Waals surface area contributed by atoms with Crippen LogP contribution in [-0.4, -0.2) is 8.80 Å². The topological polar surface area (TPSA) is 8.82 Å². The van der Waals surface area contributed by atoms with Gasteiger partial charge >= 0.3 is 0 Å². The van der Waals surface area contributed by atoms with Crippen LogP contribution in [0.2, 0.25) is 0 Å². The normalized spacial score (nSPS) is 20.0. The van der Waals surface area contributed by atoms with Crippen LogP contribution in [0.25, 0.3) is 76.2 Å². The maximum absolute atomic E-state index is 9.63. The standard InChI is InChI=1S/C30H16N2/c1-3-13-25-17(7-1)19-9-5-11-21-23-16-28-24(15-27(23)31(25)29(19)21)22-12-6-10-20-18-8-2-4-14-26(18)32(28)30(20)22/h1-16H/i1D,2D,3D,4D,5D,6D,7D,8D,9D,10D,11D,12D,13D,14D,15D,16D. The Balaban J connectivity index is 1.73. The van der Waals surface area contributed by atoms with Crippen molar-refractivity contribution in [1.29, 1.82) is 0 Å². The van der Waals surface area contributed by atoms with Gasteiger partial charge < -0.3 is 8.80 Å². The molecule has 0 amide bonds. The molecule has 5 aromatic carbocycles. The average Bonchev–Trinajstić information content (AvgIpc) is 3.79. The van der Waals surface area contributed by atoms with Crippen LogP contribution in [-0.2, 0) is 0 Å². The molecule has 4 heterocycles. The van der Waals surface area contributed by atoms with E-state index >= 15 is 0 Å². The van der Waals surface area contributed by atoms with E-state index in [4.69, 9.17) is 19.2 Å². The molecule has 2 nitrogen and oxygen atoms in total. The summed E-state index contributed by atoms with van der Waals surface area (Å²) in [5.74, 6) is 0. The quantitative estimate of drug-likeness (QED) is 0.235. The van der Waals surface area contributed by atoms with Crippen molar-refractivity contribution in [2.24, 2.45) is 0 Å². The number of para-hydroxylation sites is 4. The molecular weight excluding hydrogens is 388 g/mol. The van der Waals surface area contributed by atoms with Crippen molar-refractivity contribution in [3.63, 3.8) is 0 Å². The first-order chi connectivity index (χ1) is 22.6. The van der Waals surface area contributed by atoms with Gasteiger partial charge in [0.05, 0.1) is 55.0 Å². The smallest absolute Gasteiger partial charge is 0.0653 e. The monoisotopic (exact) mass is 420 g/mol. The zero-order valence-electron chi connectivity index (χ0n) is 31.9. The van der Waals surface area contributed by atoms with Gasteiger partial charge in [0.1, 0.15) is 0 Å². The Hall–Kier alpha value is -4.30. The fraction of sp³-hybridized carbons (Fsp3) is 0. The Bertz CT molecular complexity index is 2860. The second-order valence-corrected chi connectivity index (χ2v) is 7.76. The van der Waals surface area contributed by atoms with Crippen LogP contribution in [0, 0.1) is 0 Å². The molecule has 2 heteroatoms.